The molecule has 0 fully saturated rings. The van der Waals surface area contributed by atoms with Crippen LogP contribution in [0.5, 0.6) is 5.75 Å². The maximum absolute atomic E-state index is 13.1. The molecule has 0 aromatic heterocycles. The second-order valence-electron chi connectivity index (χ2n) is 10.2. The van der Waals surface area contributed by atoms with Crippen LogP contribution in [0.25, 0.3) is 0 Å². The highest BCUT2D eigenvalue weighted by Crippen LogP contribution is 2.26. The molecule has 2 aromatic carbocycles. The fourth-order valence-electron chi connectivity index (χ4n) is 4.85. The van der Waals surface area contributed by atoms with Crippen molar-refractivity contribution in [1.82, 2.24) is 10.2 Å². The lowest BCUT2D eigenvalue weighted by Crippen LogP contribution is -2.34. The third-order valence-corrected chi connectivity index (χ3v) is 6.57. The molecule has 1 aliphatic heterocycles. The lowest BCUT2D eigenvalue weighted by atomic mass is 10.0. The van der Waals surface area contributed by atoms with Crippen LogP contribution in [0.4, 0.5) is 5.69 Å². The van der Waals surface area contributed by atoms with Gasteiger partial charge >= 0.3 is 0 Å². The minimum Gasteiger partial charge on any atom is -0.494 e. The summed E-state index contributed by atoms with van der Waals surface area (Å²) in [6.07, 6.45) is 5.74. The van der Waals surface area contributed by atoms with E-state index in [-0.39, 0.29) is 11.8 Å². The van der Waals surface area contributed by atoms with Crippen molar-refractivity contribution >= 4 is 17.5 Å². The van der Waals surface area contributed by atoms with Crippen molar-refractivity contribution in [2.45, 2.75) is 72.9 Å². The van der Waals surface area contributed by atoms with Crippen LogP contribution >= 0.6 is 0 Å². The SMILES string of the molecule is CCOc1ccc(CNC(=O)c2ccc3c(c2)CN(CC(C)C)CCCCCCCN3C(C)=O)cc1. The van der Waals surface area contributed by atoms with Gasteiger partial charge in [0.1, 0.15) is 5.75 Å². The van der Waals surface area contributed by atoms with Crippen LogP contribution in [0.3, 0.4) is 0 Å². The van der Waals surface area contributed by atoms with Crippen molar-refractivity contribution < 1.29 is 14.3 Å². The summed E-state index contributed by atoms with van der Waals surface area (Å²) in [5, 5.41) is 3.05. The number of nitrogens with zero attached hydrogens (tertiary/aromatic N) is 2. The van der Waals surface area contributed by atoms with Gasteiger partial charge in [0, 0.05) is 44.4 Å². The lowest BCUT2D eigenvalue weighted by molar-refractivity contribution is -0.116. The third kappa shape index (κ3) is 8.37. The molecule has 0 saturated carbocycles. The van der Waals surface area contributed by atoms with Crippen molar-refractivity contribution in [1.29, 1.82) is 0 Å². The van der Waals surface area contributed by atoms with Crippen LogP contribution in [0, 0.1) is 5.92 Å². The summed E-state index contributed by atoms with van der Waals surface area (Å²) in [7, 11) is 0. The molecule has 0 unspecified atom stereocenters. The van der Waals surface area contributed by atoms with Gasteiger partial charge in [-0.2, -0.15) is 0 Å². The maximum Gasteiger partial charge on any atom is 0.251 e. The number of rotatable bonds is 7. The first-order valence-corrected chi connectivity index (χ1v) is 13.5. The van der Waals surface area contributed by atoms with Crippen LogP contribution in [-0.4, -0.2) is 43.0 Å². The molecule has 0 bridgehead atoms. The molecular formula is C30H43N3O3. The first-order valence-electron chi connectivity index (χ1n) is 13.5. The van der Waals surface area contributed by atoms with Gasteiger partial charge in [-0.3, -0.25) is 14.5 Å². The number of hydrogen-bond acceptors (Lipinski definition) is 4. The van der Waals surface area contributed by atoms with E-state index >= 15 is 0 Å². The average molecular weight is 494 g/mol. The van der Waals surface area contributed by atoms with Gasteiger partial charge in [0.25, 0.3) is 5.91 Å². The van der Waals surface area contributed by atoms with Gasteiger partial charge in [-0.05, 0) is 73.7 Å². The van der Waals surface area contributed by atoms with E-state index in [9.17, 15) is 9.59 Å². The minimum absolute atomic E-state index is 0.0522. The summed E-state index contributed by atoms with van der Waals surface area (Å²) in [6.45, 7) is 12.6. The van der Waals surface area contributed by atoms with E-state index in [1.165, 1.54) is 19.3 Å². The quantitative estimate of drug-likeness (QED) is 0.530. The summed E-state index contributed by atoms with van der Waals surface area (Å²) in [6, 6.07) is 13.6. The smallest absolute Gasteiger partial charge is 0.251 e. The first kappa shape index (κ1) is 27.7. The molecule has 0 aliphatic carbocycles. The van der Waals surface area contributed by atoms with E-state index in [4.69, 9.17) is 4.74 Å². The number of ether oxygens (including phenoxy) is 1. The Labute approximate surface area is 217 Å². The summed E-state index contributed by atoms with van der Waals surface area (Å²) in [4.78, 5) is 30.1. The van der Waals surface area contributed by atoms with Gasteiger partial charge in [-0.25, -0.2) is 0 Å². The average Bonchev–Trinajstić information content (AvgIpc) is 2.84. The molecule has 2 amide bonds. The number of nitrogens with one attached hydrogen (secondary N) is 1. The zero-order chi connectivity index (χ0) is 25.9. The van der Waals surface area contributed by atoms with Crippen LogP contribution in [0.15, 0.2) is 42.5 Å². The number of amides is 2. The number of carbonyl (C=O) groups is 2. The Morgan fingerprint density at radius 1 is 0.972 bits per heavy atom. The number of hydrogen-bond donors (Lipinski definition) is 1. The number of carbonyl (C=O) groups excluding carboxylic acids is 2. The van der Waals surface area contributed by atoms with Crippen LogP contribution in [-0.2, 0) is 17.9 Å². The van der Waals surface area contributed by atoms with E-state index in [0.29, 0.717) is 24.6 Å². The van der Waals surface area contributed by atoms with E-state index in [1.807, 2.05) is 54.3 Å². The van der Waals surface area contributed by atoms with Gasteiger partial charge in [0.2, 0.25) is 5.91 Å². The van der Waals surface area contributed by atoms with Gasteiger partial charge < -0.3 is 15.0 Å². The van der Waals surface area contributed by atoms with Crippen molar-refractivity contribution in [3.8, 4) is 5.75 Å². The van der Waals surface area contributed by atoms with Crippen molar-refractivity contribution in [3.05, 3.63) is 59.2 Å². The monoisotopic (exact) mass is 493 g/mol. The molecule has 196 valence electrons. The molecule has 1 aliphatic rings. The van der Waals surface area contributed by atoms with E-state index < -0.39 is 0 Å². The Morgan fingerprint density at radius 2 is 1.67 bits per heavy atom. The predicted molar refractivity (Wildman–Crippen MR) is 146 cm³/mol. The van der Waals surface area contributed by atoms with E-state index in [1.54, 1.807) is 6.92 Å². The lowest BCUT2D eigenvalue weighted by Gasteiger charge is -2.30. The Balaban J connectivity index is 1.83. The highest BCUT2D eigenvalue weighted by atomic mass is 16.5. The molecule has 0 radical (unpaired) electrons. The van der Waals surface area contributed by atoms with Crippen molar-refractivity contribution in [2.24, 2.45) is 5.92 Å². The largest absolute Gasteiger partial charge is 0.494 e. The molecule has 6 heteroatoms. The fraction of sp³-hybridized carbons (Fsp3) is 0.533. The highest BCUT2D eigenvalue weighted by molar-refractivity contribution is 5.97. The van der Waals surface area contributed by atoms with Gasteiger partial charge in [0.05, 0.1) is 6.61 Å². The topological polar surface area (TPSA) is 61.9 Å². The van der Waals surface area contributed by atoms with Crippen molar-refractivity contribution in [2.75, 3.05) is 31.1 Å². The Bertz CT molecular complexity index is 987. The Morgan fingerprint density at radius 3 is 2.33 bits per heavy atom. The summed E-state index contributed by atoms with van der Waals surface area (Å²) < 4.78 is 5.50. The fourth-order valence-corrected chi connectivity index (χ4v) is 4.85. The minimum atomic E-state index is -0.109. The molecule has 2 aromatic rings. The second-order valence-corrected chi connectivity index (χ2v) is 10.2. The zero-order valence-electron chi connectivity index (χ0n) is 22.5. The second kappa shape index (κ2) is 14.0. The van der Waals surface area contributed by atoms with Crippen LogP contribution in [0.2, 0.25) is 0 Å². The molecule has 6 nitrogen and oxygen atoms in total. The third-order valence-electron chi connectivity index (χ3n) is 6.57. The molecule has 3 rings (SSSR count). The molecule has 0 saturated heterocycles. The molecule has 1 N–H and O–H groups in total. The first-order chi connectivity index (χ1) is 17.4. The van der Waals surface area contributed by atoms with Crippen molar-refractivity contribution in [3.63, 3.8) is 0 Å². The van der Waals surface area contributed by atoms with E-state index in [2.05, 4.69) is 24.1 Å². The maximum atomic E-state index is 13.1. The zero-order valence-corrected chi connectivity index (χ0v) is 22.5. The molecule has 0 spiro atoms. The predicted octanol–water partition coefficient (Wildman–Crippen LogP) is 5.79. The Hall–Kier alpha value is -2.86. The van der Waals surface area contributed by atoms with Gasteiger partial charge in [-0.15, -0.1) is 0 Å². The molecule has 0 atom stereocenters. The number of fused-ring (bicyclic) bond motifs is 1. The van der Waals surface area contributed by atoms with Crippen LogP contribution < -0.4 is 15.0 Å². The molecule has 36 heavy (non-hydrogen) atoms. The highest BCUT2D eigenvalue weighted by Gasteiger charge is 2.20. The van der Waals surface area contributed by atoms with Gasteiger partial charge in [-0.1, -0.05) is 45.2 Å². The summed E-state index contributed by atoms with van der Waals surface area (Å²) in [5.74, 6) is 1.32. The molecular weight excluding hydrogens is 450 g/mol. The number of anilines is 1. The van der Waals surface area contributed by atoms with Crippen LogP contribution in [0.1, 0.15) is 81.3 Å². The van der Waals surface area contributed by atoms with Gasteiger partial charge in [0.15, 0.2) is 0 Å². The van der Waals surface area contributed by atoms with E-state index in [0.717, 1.165) is 61.6 Å². The standard InChI is InChI=1S/C30H43N3O3/c1-5-36-28-14-11-25(12-15-28)20-31-30(35)26-13-16-29-27(19-26)22-32(21-23(2)3)17-9-7-6-8-10-18-33(29)24(4)34/h11-16,19,23H,5-10,17-18,20-22H2,1-4H3,(H,31,35). The summed E-state index contributed by atoms with van der Waals surface area (Å²) >= 11 is 0. The number of benzene rings is 2. The Kier molecular flexibility index (Phi) is 10.8. The normalized spacial score (nSPS) is 15.5. The molecule has 1 heterocycles. The summed E-state index contributed by atoms with van der Waals surface area (Å²) in [5.41, 5.74) is 3.61.